The largest absolute Gasteiger partial charge is 0.508 e. The van der Waals surface area contributed by atoms with Gasteiger partial charge in [0, 0.05) is 18.2 Å². The van der Waals surface area contributed by atoms with Crippen LogP contribution in [0, 0.1) is 0 Å². The molecule has 0 fully saturated rings. The highest BCUT2D eigenvalue weighted by atomic mass is 16.5. The minimum Gasteiger partial charge on any atom is -0.508 e. The number of aromatic nitrogens is 3. The van der Waals surface area contributed by atoms with Crippen molar-refractivity contribution in [2.24, 2.45) is 0 Å². The summed E-state index contributed by atoms with van der Waals surface area (Å²) in [4.78, 5) is 23.8. The van der Waals surface area contributed by atoms with Gasteiger partial charge in [0.1, 0.15) is 17.3 Å². The van der Waals surface area contributed by atoms with Gasteiger partial charge in [0.05, 0.1) is 35.1 Å². The molecule has 1 amide bonds. The number of ether oxygens (including phenoxy) is 1. The number of aromatic hydroxyl groups is 1. The molecule has 0 bridgehead atoms. The summed E-state index contributed by atoms with van der Waals surface area (Å²) in [5.74, 6) is 1.51. The second-order valence-corrected chi connectivity index (χ2v) is 6.88. The standard InChI is InChI=1S/C22H18N4O3/c1-29-18-8-9-23-17(18)11-14-20-15(25-22(14)28)6-7-16-21(20)26-19(24-16)10-12-2-4-13(27)5-3-12/h2-9,11,23,27H,10H2,1H3,(H,24,26)(H,25,28)/b14-11+. The highest BCUT2D eigenvalue weighted by Gasteiger charge is 2.28. The topological polar surface area (TPSA) is 103 Å². The predicted octanol–water partition coefficient (Wildman–Crippen LogP) is 3.69. The molecule has 1 aliphatic rings. The molecule has 0 saturated heterocycles. The molecule has 7 nitrogen and oxygen atoms in total. The summed E-state index contributed by atoms with van der Waals surface area (Å²) in [5.41, 5.74) is 5.40. The normalized spacial score (nSPS) is 14.4. The lowest BCUT2D eigenvalue weighted by Gasteiger charge is -2.01. The molecule has 5 rings (SSSR count). The summed E-state index contributed by atoms with van der Waals surface area (Å²) in [6, 6.07) is 12.6. The van der Waals surface area contributed by atoms with Crippen molar-refractivity contribution < 1.29 is 14.6 Å². The van der Waals surface area contributed by atoms with Gasteiger partial charge >= 0.3 is 0 Å². The number of aromatic amines is 2. The van der Waals surface area contributed by atoms with E-state index < -0.39 is 0 Å². The minimum absolute atomic E-state index is 0.174. The summed E-state index contributed by atoms with van der Waals surface area (Å²) in [5, 5.41) is 12.4. The van der Waals surface area contributed by atoms with Gasteiger partial charge in [-0.25, -0.2) is 4.98 Å². The fourth-order valence-electron chi connectivity index (χ4n) is 3.64. The molecule has 4 aromatic rings. The highest BCUT2D eigenvalue weighted by Crippen LogP contribution is 2.38. The lowest BCUT2D eigenvalue weighted by molar-refractivity contribution is -0.110. The van der Waals surface area contributed by atoms with E-state index in [1.807, 2.05) is 30.3 Å². The van der Waals surface area contributed by atoms with Crippen LogP contribution in [0.1, 0.15) is 22.6 Å². The number of fused-ring (bicyclic) bond motifs is 3. The molecule has 1 aliphatic heterocycles. The Hall–Kier alpha value is -4.00. The first-order chi connectivity index (χ1) is 14.1. The number of anilines is 1. The Bertz CT molecular complexity index is 1270. The number of hydrogen-bond donors (Lipinski definition) is 4. The number of amides is 1. The summed E-state index contributed by atoms with van der Waals surface area (Å²) in [7, 11) is 1.59. The fraction of sp³-hybridized carbons (Fsp3) is 0.0909. The van der Waals surface area contributed by atoms with Gasteiger partial charge in [-0.15, -0.1) is 0 Å². The van der Waals surface area contributed by atoms with Gasteiger partial charge in [-0.1, -0.05) is 12.1 Å². The Labute approximate surface area is 166 Å². The number of nitrogens with zero attached hydrogens (tertiary/aromatic N) is 1. The molecule has 144 valence electrons. The van der Waals surface area contributed by atoms with Crippen LogP contribution in [0.3, 0.4) is 0 Å². The molecule has 4 N–H and O–H groups in total. The molecular weight excluding hydrogens is 368 g/mol. The van der Waals surface area contributed by atoms with Crippen LogP contribution in [-0.4, -0.2) is 33.1 Å². The van der Waals surface area contributed by atoms with Gasteiger partial charge < -0.3 is 25.1 Å². The maximum atomic E-state index is 12.6. The molecule has 0 unspecified atom stereocenters. The Morgan fingerprint density at radius 2 is 1.97 bits per heavy atom. The van der Waals surface area contributed by atoms with Crippen molar-refractivity contribution in [3.05, 3.63) is 71.3 Å². The fourth-order valence-corrected chi connectivity index (χ4v) is 3.64. The van der Waals surface area contributed by atoms with Crippen molar-refractivity contribution in [1.82, 2.24) is 15.0 Å². The lowest BCUT2D eigenvalue weighted by atomic mass is 10.0. The number of benzene rings is 2. The zero-order chi connectivity index (χ0) is 20.0. The monoisotopic (exact) mass is 386 g/mol. The summed E-state index contributed by atoms with van der Waals surface area (Å²) in [6.45, 7) is 0. The van der Waals surface area contributed by atoms with Crippen LogP contribution in [-0.2, 0) is 11.2 Å². The van der Waals surface area contributed by atoms with Gasteiger partial charge in [0.2, 0.25) is 0 Å². The van der Waals surface area contributed by atoms with Crippen molar-refractivity contribution in [3.8, 4) is 11.5 Å². The van der Waals surface area contributed by atoms with Crippen LogP contribution in [0.25, 0.3) is 22.7 Å². The first-order valence-corrected chi connectivity index (χ1v) is 9.16. The molecule has 0 spiro atoms. The molecule has 0 radical (unpaired) electrons. The van der Waals surface area contributed by atoms with E-state index in [0.29, 0.717) is 17.7 Å². The zero-order valence-corrected chi connectivity index (χ0v) is 15.6. The molecule has 3 heterocycles. The Morgan fingerprint density at radius 1 is 1.14 bits per heavy atom. The number of methoxy groups -OCH3 is 1. The summed E-state index contributed by atoms with van der Waals surface area (Å²) >= 11 is 0. The Morgan fingerprint density at radius 3 is 2.76 bits per heavy atom. The van der Waals surface area contributed by atoms with Gasteiger partial charge in [-0.3, -0.25) is 4.79 Å². The third kappa shape index (κ3) is 2.93. The van der Waals surface area contributed by atoms with Gasteiger partial charge in [0.25, 0.3) is 5.91 Å². The third-order valence-electron chi connectivity index (χ3n) is 5.02. The van der Waals surface area contributed by atoms with Crippen LogP contribution >= 0.6 is 0 Å². The van der Waals surface area contributed by atoms with Crippen molar-refractivity contribution in [3.63, 3.8) is 0 Å². The number of imidazole rings is 1. The van der Waals surface area contributed by atoms with E-state index in [0.717, 1.165) is 39.4 Å². The Balaban J connectivity index is 1.59. The maximum absolute atomic E-state index is 12.6. The second kappa shape index (κ2) is 6.56. The number of H-pyrrole nitrogens is 2. The number of phenolic OH excluding ortho intramolecular Hbond substituents is 1. The van der Waals surface area contributed by atoms with E-state index in [1.165, 1.54) is 0 Å². The van der Waals surface area contributed by atoms with Gasteiger partial charge in [-0.2, -0.15) is 0 Å². The average Bonchev–Trinajstić information content (AvgIpc) is 3.41. The highest BCUT2D eigenvalue weighted by molar-refractivity contribution is 6.37. The molecule has 29 heavy (non-hydrogen) atoms. The van der Waals surface area contributed by atoms with E-state index in [-0.39, 0.29) is 11.7 Å². The number of nitrogens with one attached hydrogen (secondary N) is 3. The number of hydrogen-bond acceptors (Lipinski definition) is 4. The molecule has 0 aliphatic carbocycles. The molecule has 2 aromatic carbocycles. The summed E-state index contributed by atoms with van der Waals surface area (Å²) in [6.07, 6.45) is 4.15. The van der Waals surface area contributed by atoms with Crippen molar-refractivity contribution in [2.45, 2.75) is 6.42 Å². The predicted molar refractivity (Wildman–Crippen MR) is 111 cm³/mol. The van der Waals surface area contributed by atoms with E-state index in [2.05, 4.69) is 15.3 Å². The van der Waals surface area contributed by atoms with Crippen molar-refractivity contribution in [2.75, 3.05) is 12.4 Å². The molecule has 0 atom stereocenters. The van der Waals surface area contributed by atoms with Crippen molar-refractivity contribution in [1.29, 1.82) is 0 Å². The molecule has 7 heteroatoms. The molecule has 0 saturated carbocycles. The van der Waals surface area contributed by atoms with Crippen molar-refractivity contribution >= 4 is 34.3 Å². The van der Waals surface area contributed by atoms with Crippen LogP contribution in [0.4, 0.5) is 5.69 Å². The number of carbonyl (C=O) groups is 1. The summed E-state index contributed by atoms with van der Waals surface area (Å²) < 4.78 is 5.34. The van der Waals surface area contributed by atoms with E-state index in [4.69, 9.17) is 9.72 Å². The number of carbonyl (C=O) groups excluding carboxylic acids is 1. The van der Waals surface area contributed by atoms with E-state index in [9.17, 15) is 9.90 Å². The average molecular weight is 386 g/mol. The van der Waals surface area contributed by atoms with Crippen LogP contribution in [0.2, 0.25) is 0 Å². The van der Waals surface area contributed by atoms with Crippen LogP contribution < -0.4 is 10.1 Å². The third-order valence-corrected chi connectivity index (χ3v) is 5.02. The van der Waals surface area contributed by atoms with Crippen LogP contribution in [0.5, 0.6) is 11.5 Å². The van der Waals surface area contributed by atoms with Crippen LogP contribution in [0.15, 0.2) is 48.7 Å². The van der Waals surface area contributed by atoms with E-state index >= 15 is 0 Å². The van der Waals surface area contributed by atoms with Gasteiger partial charge in [0.15, 0.2) is 0 Å². The first kappa shape index (κ1) is 17.1. The number of phenols is 1. The SMILES string of the molecule is COc1cc[nH]c1/C=C1/C(=O)Nc2ccc3[nH]c(Cc4ccc(O)cc4)nc3c21. The minimum atomic E-state index is -0.174. The quantitative estimate of drug-likeness (QED) is 0.402. The zero-order valence-electron chi connectivity index (χ0n) is 15.6. The lowest BCUT2D eigenvalue weighted by Crippen LogP contribution is -2.03. The Kier molecular flexibility index (Phi) is 3.87. The maximum Gasteiger partial charge on any atom is 0.256 e. The molecule has 2 aromatic heterocycles. The van der Waals surface area contributed by atoms with E-state index in [1.54, 1.807) is 31.5 Å². The molecular formula is C22H18N4O3. The van der Waals surface area contributed by atoms with Gasteiger partial charge in [-0.05, 0) is 42.0 Å². The second-order valence-electron chi connectivity index (χ2n) is 6.88. The number of rotatable bonds is 4. The smallest absolute Gasteiger partial charge is 0.256 e. The first-order valence-electron chi connectivity index (χ1n) is 9.16.